The predicted octanol–water partition coefficient (Wildman–Crippen LogP) is 1.58. The average molecular weight is 309 g/mol. The van der Waals surface area contributed by atoms with Gasteiger partial charge in [-0.2, -0.15) is 0 Å². The largest absolute Gasteiger partial charge is 0.425 e. The number of nitrogens with one attached hydrogen (secondary N) is 1. The highest BCUT2D eigenvalue weighted by molar-refractivity contribution is 7.45. The van der Waals surface area contributed by atoms with E-state index in [2.05, 4.69) is 5.32 Å². The van der Waals surface area contributed by atoms with Crippen molar-refractivity contribution in [2.24, 2.45) is 11.8 Å². The second-order valence-electron chi connectivity index (χ2n) is 4.99. The summed E-state index contributed by atoms with van der Waals surface area (Å²) < 4.78 is 10.1. The second kappa shape index (κ2) is 9.91. The Morgan fingerprint density at radius 2 is 1.75 bits per heavy atom. The minimum Gasteiger partial charge on any atom is -0.425 e. The molecule has 0 bridgehead atoms. The smallest absolute Gasteiger partial charge is 0.410 e. The molecule has 0 heterocycles. The van der Waals surface area contributed by atoms with Crippen LogP contribution < -0.4 is 5.32 Å². The Bertz CT molecular complexity index is 308. The van der Waals surface area contributed by atoms with Crippen LogP contribution in [-0.4, -0.2) is 40.8 Å². The van der Waals surface area contributed by atoms with E-state index in [1.807, 2.05) is 0 Å². The molecule has 0 saturated carbocycles. The molecule has 0 radical (unpaired) electrons. The molecular formula is C12H24NO6P. The van der Waals surface area contributed by atoms with E-state index in [9.17, 15) is 9.59 Å². The number of carbonyl (C=O) groups is 2. The van der Waals surface area contributed by atoms with Gasteiger partial charge in [0.15, 0.2) is 8.38 Å². The van der Waals surface area contributed by atoms with Crippen LogP contribution in [0.15, 0.2) is 0 Å². The molecule has 118 valence electrons. The average Bonchev–Trinajstić information content (AvgIpc) is 2.33. The molecule has 3 N–H and O–H groups in total. The van der Waals surface area contributed by atoms with Crippen molar-refractivity contribution >= 4 is 20.4 Å². The normalized spacial score (nSPS) is 12.7. The van der Waals surface area contributed by atoms with E-state index in [1.54, 1.807) is 27.7 Å². The van der Waals surface area contributed by atoms with E-state index >= 15 is 0 Å². The summed E-state index contributed by atoms with van der Waals surface area (Å²) in [4.78, 5) is 40.4. The molecule has 0 aromatic carbocycles. The summed E-state index contributed by atoms with van der Waals surface area (Å²) in [5.74, 6) is -0.884. The molecule has 0 spiro atoms. The van der Waals surface area contributed by atoms with Crippen molar-refractivity contribution in [3.63, 3.8) is 0 Å². The summed E-state index contributed by atoms with van der Waals surface area (Å²) >= 11 is 0. The molecule has 20 heavy (non-hydrogen) atoms. The summed E-state index contributed by atoms with van der Waals surface area (Å²) in [6, 6.07) is 0. The third-order valence-corrected chi connectivity index (χ3v) is 2.99. The van der Waals surface area contributed by atoms with E-state index in [-0.39, 0.29) is 24.5 Å². The first-order chi connectivity index (χ1) is 9.23. The van der Waals surface area contributed by atoms with E-state index in [0.29, 0.717) is 6.42 Å². The van der Waals surface area contributed by atoms with Crippen LogP contribution in [0.25, 0.3) is 0 Å². The first-order valence-corrected chi connectivity index (χ1v) is 7.97. The topological polar surface area (TPSA) is 105 Å². The Morgan fingerprint density at radius 1 is 1.15 bits per heavy atom. The zero-order chi connectivity index (χ0) is 15.7. The van der Waals surface area contributed by atoms with Crippen LogP contribution in [0, 0.1) is 11.8 Å². The van der Waals surface area contributed by atoms with Gasteiger partial charge in [0.25, 0.3) is 6.29 Å². The third kappa shape index (κ3) is 9.07. The Balaban J connectivity index is 4.11. The number of ether oxygens (including phenoxy) is 2. The first-order valence-electron chi connectivity index (χ1n) is 6.54. The van der Waals surface area contributed by atoms with Crippen LogP contribution in [-0.2, 0) is 14.3 Å². The molecule has 0 aliphatic carbocycles. The standard InChI is InChI=1S/C12H24NO6P/c1-8(2)10(14)18-11(9(3)4)19-12(15)13-6-5-7-20(16)17/h8-9,11,16-17H,5-7H2,1-4H3,(H,13,15)/t11-/m0/s1. The van der Waals surface area contributed by atoms with Gasteiger partial charge in [-0.05, 0) is 6.42 Å². The van der Waals surface area contributed by atoms with Crippen LogP contribution in [0.2, 0.25) is 0 Å². The van der Waals surface area contributed by atoms with Crippen LogP contribution >= 0.6 is 8.38 Å². The van der Waals surface area contributed by atoms with Crippen molar-refractivity contribution in [2.75, 3.05) is 12.7 Å². The highest BCUT2D eigenvalue weighted by Crippen LogP contribution is 2.22. The maximum Gasteiger partial charge on any atom is 0.410 e. The fourth-order valence-electron chi connectivity index (χ4n) is 1.10. The van der Waals surface area contributed by atoms with Gasteiger partial charge in [0.2, 0.25) is 0 Å². The lowest BCUT2D eigenvalue weighted by molar-refractivity contribution is -0.178. The molecule has 1 amide bonds. The maximum absolute atomic E-state index is 11.5. The molecule has 8 heteroatoms. The fraction of sp³-hybridized carbons (Fsp3) is 0.833. The van der Waals surface area contributed by atoms with Crippen LogP contribution in [0.4, 0.5) is 4.79 Å². The number of hydrogen-bond acceptors (Lipinski definition) is 6. The highest BCUT2D eigenvalue weighted by Gasteiger charge is 2.23. The molecule has 0 unspecified atom stereocenters. The number of hydrogen-bond donors (Lipinski definition) is 3. The van der Waals surface area contributed by atoms with Gasteiger partial charge in [0.05, 0.1) is 5.92 Å². The molecule has 0 rings (SSSR count). The summed E-state index contributed by atoms with van der Waals surface area (Å²) in [5, 5.41) is 2.46. The molecule has 7 nitrogen and oxygen atoms in total. The number of rotatable bonds is 8. The van der Waals surface area contributed by atoms with Gasteiger partial charge in [0, 0.05) is 18.6 Å². The molecule has 0 fully saturated rings. The highest BCUT2D eigenvalue weighted by atomic mass is 31.2. The van der Waals surface area contributed by atoms with Gasteiger partial charge in [0.1, 0.15) is 0 Å². The Morgan fingerprint density at radius 3 is 2.20 bits per heavy atom. The minimum atomic E-state index is -1.94. The van der Waals surface area contributed by atoms with Gasteiger partial charge < -0.3 is 24.6 Å². The van der Waals surface area contributed by atoms with Gasteiger partial charge in [-0.3, -0.25) is 4.79 Å². The van der Waals surface area contributed by atoms with Crippen LogP contribution in [0.5, 0.6) is 0 Å². The van der Waals surface area contributed by atoms with Gasteiger partial charge >= 0.3 is 12.1 Å². The van der Waals surface area contributed by atoms with Crippen molar-refractivity contribution in [2.45, 2.75) is 40.4 Å². The van der Waals surface area contributed by atoms with E-state index in [1.165, 1.54) is 0 Å². The molecule has 0 aromatic heterocycles. The van der Waals surface area contributed by atoms with E-state index in [4.69, 9.17) is 19.3 Å². The number of carbonyl (C=O) groups excluding carboxylic acids is 2. The maximum atomic E-state index is 11.5. The first kappa shape index (κ1) is 19.1. The lowest BCUT2D eigenvalue weighted by Gasteiger charge is -2.22. The SMILES string of the molecule is CC(C)C(=O)O[C@@H](OC(=O)NCCCP(O)O)C(C)C. The molecular weight excluding hydrogens is 285 g/mol. The summed E-state index contributed by atoms with van der Waals surface area (Å²) in [6.45, 7) is 7.21. The predicted molar refractivity (Wildman–Crippen MR) is 74.9 cm³/mol. The quantitative estimate of drug-likeness (QED) is 0.272. The summed E-state index contributed by atoms with van der Waals surface area (Å²) in [5.41, 5.74) is 0. The lowest BCUT2D eigenvalue weighted by Crippen LogP contribution is -2.35. The summed E-state index contributed by atoms with van der Waals surface area (Å²) in [7, 11) is -1.94. The molecule has 0 aromatic rings. The van der Waals surface area contributed by atoms with Crippen LogP contribution in [0.1, 0.15) is 34.1 Å². The minimum absolute atomic E-state index is 0.161. The Labute approximate surface area is 120 Å². The van der Waals surface area contributed by atoms with Gasteiger partial charge in [-0.25, -0.2) is 4.79 Å². The molecule has 0 aliphatic rings. The van der Waals surface area contributed by atoms with Crippen LogP contribution in [0.3, 0.4) is 0 Å². The number of amides is 1. The monoisotopic (exact) mass is 309 g/mol. The molecule has 0 saturated heterocycles. The van der Waals surface area contributed by atoms with E-state index in [0.717, 1.165) is 0 Å². The molecule has 1 atom stereocenters. The Hall–Kier alpha value is -0.910. The van der Waals surface area contributed by atoms with Crippen molar-refractivity contribution in [3.05, 3.63) is 0 Å². The second-order valence-corrected chi connectivity index (χ2v) is 6.18. The van der Waals surface area contributed by atoms with Crippen molar-refractivity contribution in [1.82, 2.24) is 5.32 Å². The van der Waals surface area contributed by atoms with Crippen molar-refractivity contribution in [3.8, 4) is 0 Å². The number of esters is 1. The molecule has 0 aliphatic heterocycles. The van der Waals surface area contributed by atoms with E-state index < -0.39 is 26.7 Å². The van der Waals surface area contributed by atoms with Crippen molar-refractivity contribution < 1.29 is 28.8 Å². The zero-order valence-corrected chi connectivity index (χ0v) is 13.2. The number of alkyl carbamates (subject to hydrolysis) is 1. The van der Waals surface area contributed by atoms with Gasteiger partial charge in [-0.15, -0.1) is 0 Å². The fourth-order valence-corrected chi connectivity index (χ4v) is 1.55. The summed E-state index contributed by atoms with van der Waals surface area (Å²) in [6.07, 6.45) is -0.963. The Kier molecular flexibility index (Phi) is 9.46. The van der Waals surface area contributed by atoms with Crippen molar-refractivity contribution in [1.29, 1.82) is 0 Å². The van der Waals surface area contributed by atoms with Gasteiger partial charge in [-0.1, -0.05) is 27.7 Å². The third-order valence-electron chi connectivity index (χ3n) is 2.28. The zero-order valence-electron chi connectivity index (χ0n) is 12.3. The lowest BCUT2D eigenvalue weighted by atomic mass is 10.2.